The maximum atomic E-state index is 11.1. The van der Waals surface area contributed by atoms with Crippen LogP contribution in [0.2, 0.25) is 0 Å². The Morgan fingerprint density at radius 3 is 2.80 bits per heavy atom. The Balaban J connectivity index is 2.38. The van der Waals surface area contributed by atoms with E-state index in [9.17, 15) is 4.79 Å². The highest BCUT2D eigenvalue weighted by molar-refractivity contribution is 14.1. The van der Waals surface area contributed by atoms with Crippen LogP contribution < -0.4 is 0 Å². The third kappa shape index (κ3) is 0.845. The molecule has 0 radical (unpaired) electrons. The van der Waals surface area contributed by atoms with Gasteiger partial charge in [0.05, 0.1) is 6.61 Å². The van der Waals surface area contributed by atoms with Gasteiger partial charge < -0.3 is 4.74 Å². The molecule has 0 aromatic rings. The quantitative estimate of drug-likeness (QED) is 0.476. The molecule has 1 spiro atoms. The molecule has 0 aromatic carbocycles. The normalized spacial score (nSPS) is 36.5. The number of ketones is 1. The Labute approximate surface area is 72.1 Å². The lowest BCUT2D eigenvalue weighted by Crippen LogP contribution is -2.21. The number of allylic oxidation sites excluding steroid dienone is 2. The molecule has 1 heterocycles. The minimum absolute atomic E-state index is 0.0768. The van der Waals surface area contributed by atoms with Crippen LogP contribution in [0.1, 0.15) is 0 Å². The number of hydrogen-bond acceptors (Lipinski definition) is 2. The first-order valence-corrected chi connectivity index (χ1v) is 4.06. The average molecular weight is 248 g/mol. The number of hydrogen-bond donors (Lipinski definition) is 0. The smallest absolute Gasteiger partial charge is 0.193 e. The molecular weight excluding hydrogens is 243 g/mol. The highest BCUT2D eigenvalue weighted by Crippen LogP contribution is 2.35. The van der Waals surface area contributed by atoms with Gasteiger partial charge in [-0.3, -0.25) is 4.79 Å². The van der Waals surface area contributed by atoms with Crippen molar-refractivity contribution >= 4 is 28.4 Å². The van der Waals surface area contributed by atoms with E-state index >= 15 is 0 Å². The topological polar surface area (TPSA) is 29.6 Å². The summed E-state index contributed by atoms with van der Waals surface area (Å²) >= 11 is 2.17. The molecule has 10 heavy (non-hydrogen) atoms. The number of epoxide rings is 1. The summed E-state index contributed by atoms with van der Waals surface area (Å²) < 4.78 is 6.12. The van der Waals surface area contributed by atoms with Gasteiger partial charge in [0.2, 0.25) is 0 Å². The average Bonchev–Trinajstić information content (AvgIpc) is 2.62. The molecule has 2 rings (SSSR count). The van der Waals surface area contributed by atoms with Crippen molar-refractivity contribution in [2.75, 3.05) is 6.61 Å². The summed E-state index contributed by atoms with van der Waals surface area (Å²) in [6, 6.07) is 0. The van der Waals surface area contributed by atoms with Gasteiger partial charge in [0.1, 0.15) is 0 Å². The van der Waals surface area contributed by atoms with E-state index in [2.05, 4.69) is 22.6 Å². The molecule has 1 atom stereocenters. The molecule has 1 unspecified atom stereocenters. The SMILES string of the molecule is O=C1C=CC(I)=CC12CO2. The summed E-state index contributed by atoms with van der Waals surface area (Å²) in [5, 5.41) is 0. The molecule has 2 nitrogen and oxygen atoms in total. The molecular formula is C7H5IO2. The van der Waals surface area contributed by atoms with Gasteiger partial charge in [0.25, 0.3) is 0 Å². The molecule has 1 fully saturated rings. The Morgan fingerprint density at radius 2 is 2.30 bits per heavy atom. The molecule has 1 aliphatic carbocycles. The van der Waals surface area contributed by atoms with E-state index < -0.39 is 5.60 Å². The van der Waals surface area contributed by atoms with Crippen molar-refractivity contribution in [1.29, 1.82) is 0 Å². The van der Waals surface area contributed by atoms with E-state index in [-0.39, 0.29) is 5.78 Å². The second-order valence-electron chi connectivity index (χ2n) is 2.40. The van der Waals surface area contributed by atoms with Gasteiger partial charge in [-0.2, -0.15) is 0 Å². The molecule has 0 bridgehead atoms. The zero-order chi connectivity index (χ0) is 7.19. The molecule has 1 saturated heterocycles. The molecule has 0 N–H and O–H groups in total. The van der Waals surface area contributed by atoms with Crippen LogP contribution in [0, 0.1) is 0 Å². The Kier molecular flexibility index (Phi) is 1.25. The lowest BCUT2D eigenvalue weighted by Gasteiger charge is -2.05. The summed E-state index contributed by atoms with van der Waals surface area (Å²) in [4.78, 5) is 11.1. The van der Waals surface area contributed by atoms with Crippen molar-refractivity contribution in [3.05, 3.63) is 21.8 Å². The van der Waals surface area contributed by atoms with Gasteiger partial charge in [-0.1, -0.05) is 0 Å². The molecule has 0 amide bonds. The maximum absolute atomic E-state index is 11.1. The number of rotatable bonds is 0. The number of ether oxygens (including phenoxy) is 1. The summed E-state index contributed by atoms with van der Waals surface area (Å²) in [5.74, 6) is 0.0768. The molecule has 3 heteroatoms. The van der Waals surface area contributed by atoms with Crippen molar-refractivity contribution in [2.24, 2.45) is 0 Å². The highest BCUT2D eigenvalue weighted by Gasteiger charge is 2.49. The Bertz CT molecular complexity index is 248. The summed E-state index contributed by atoms with van der Waals surface area (Å²) in [7, 11) is 0. The molecule has 2 aliphatic rings. The predicted molar refractivity (Wildman–Crippen MR) is 44.9 cm³/mol. The van der Waals surface area contributed by atoms with E-state index in [1.54, 1.807) is 12.2 Å². The van der Waals surface area contributed by atoms with Crippen molar-refractivity contribution in [3.63, 3.8) is 0 Å². The van der Waals surface area contributed by atoms with Crippen molar-refractivity contribution in [3.8, 4) is 0 Å². The fraction of sp³-hybridized carbons (Fsp3) is 0.286. The molecule has 52 valence electrons. The van der Waals surface area contributed by atoms with Crippen LogP contribution in [0.3, 0.4) is 0 Å². The molecule has 0 aromatic heterocycles. The van der Waals surface area contributed by atoms with E-state index in [1.165, 1.54) is 0 Å². The fourth-order valence-corrected chi connectivity index (χ4v) is 1.62. The van der Waals surface area contributed by atoms with Crippen LogP contribution in [0.25, 0.3) is 0 Å². The van der Waals surface area contributed by atoms with Crippen molar-refractivity contribution < 1.29 is 9.53 Å². The summed E-state index contributed by atoms with van der Waals surface area (Å²) in [6.45, 7) is 0.558. The highest BCUT2D eigenvalue weighted by atomic mass is 127. The number of halogens is 1. The zero-order valence-corrected chi connectivity index (χ0v) is 7.29. The summed E-state index contributed by atoms with van der Waals surface area (Å²) in [5.41, 5.74) is -0.536. The second kappa shape index (κ2) is 1.92. The first-order chi connectivity index (χ1) is 4.73. The van der Waals surface area contributed by atoms with Crippen molar-refractivity contribution in [2.45, 2.75) is 5.60 Å². The van der Waals surface area contributed by atoms with Gasteiger partial charge in [0.15, 0.2) is 11.4 Å². The Morgan fingerprint density at radius 1 is 1.60 bits per heavy atom. The lowest BCUT2D eigenvalue weighted by atomic mass is 10.0. The van der Waals surface area contributed by atoms with Crippen LogP contribution in [0.4, 0.5) is 0 Å². The monoisotopic (exact) mass is 248 g/mol. The van der Waals surface area contributed by atoms with Crippen LogP contribution in [0.15, 0.2) is 21.8 Å². The summed E-state index contributed by atoms with van der Waals surface area (Å²) in [6.07, 6.45) is 5.25. The van der Waals surface area contributed by atoms with Crippen molar-refractivity contribution in [1.82, 2.24) is 0 Å². The zero-order valence-electron chi connectivity index (χ0n) is 5.13. The van der Waals surface area contributed by atoms with Crippen LogP contribution >= 0.6 is 22.6 Å². The second-order valence-corrected chi connectivity index (χ2v) is 3.65. The number of carbonyl (C=O) groups is 1. The van der Waals surface area contributed by atoms with Gasteiger partial charge in [-0.25, -0.2) is 0 Å². The van der Waals surface area contributed by atoms with Gasteiger partial charge in [-0.15, -0.1) is 0 Å². The largest absolute Gasteiger partial charge is 0.356 e. The lowest BCUT2D eigenvalue weighted by molar-refractivity contribution is -0.118. The van der Waals surface area contributed by atoms with E-state index in [0.717, 1.165) is 3.58 Å². The van der Waals surface area contributed by atoms with Crippen LogP contribution in [-0.2, 0) is 9.53 Å². The van der Waals surface area contributed by atoms with Gasteiger partial charge in [0, 0.05) is 3.58 Å². The Hall–Kier alpha value is -0.160. The van der Waals surface area contributed by atoms with Gasteiger partial charge in [-0.05, 0) is 40.8 Å². The van der Waals surface area contributed by atoms with Crippen LogP contribution in [-0.4, -0.2) is 18.0 Å². The van der Waals surface area contributed by atoms with E-state index in [1.807, 2.05) is 6.08 Å². The molecule has 0 saturated carbocycles. The first-order valence-electron chi connectivity index (χ1n) is 2.98. The number of carbonyl (C=O) groups excluding carboxylic acids is 1. The predicted octanol–water partition coefficient (Wildman–Crippen LogP) is 1.21. The van der Waals surface area contributed by atoms with Gasteiger partial charge >= 0.3 is 0 Å². The van der Waals surface area contributed by atoms with E-state index in [0.29, 0.717) is 6.61 Å². The minimum Gasteiger partial charge on any atom is -0.356 e. The third-order valence-corrected chi connectivity index (χ3v) is 2.31. The maximum Gasteiger partial charge on any atom is 0.193 e. The standard InChI is InChI=1S/C7H5IO2/c8-5-1-2-6(9)7(3-5)4-10-7/h1-3H,4H2. The van der Waals surface area contributed by atoms with E-state index in [4.69, 9.17) is 4.74 Å². The van der Waals surface area contributed by atoms with Crippen LogP contribution in [0.5, 0.6) is 0 Å². The minimum atomic E-state index is -0.536. The fourth-order valence-electron chi connectivity index (χ4n) is 0.942. The first kappa shape index (κ1) is 6.54. The molecule has 1 aliphatic heterocycles. The third-order valence-electron chi connectivity index (χ3n) is 1.64.